The van der Waals surface area contributed by atoms with Crippen molar-refractivity contribution in [2.24, 2.45) is 5.73 Å². The van der Waals surface area contributed by atoms with Gasteiger partial charge in [-0.2, -0.15) is 0 Å². The van der Waals surface area contributed by atoms with Crippen LogP contribution in [0.1, 0.15) is 43.7 Å². The minimum atomic E-state index is 0.186. The van der Waals surface area contributed by atoms with Gasteiger partial charge in [0.25, 0.3) is 0 Å². The van der Waals surface area contributed by atoms with Gasteiger partial charge in [-0.05, 0) is 32.4 Å². The van der Waals surface area contributed by atoms with Crippen molar-refractivity contribution >= 4 is 22.9 Å². The van der Waals surface area contributed by atoms with Crippen LogP contribution in [0.3, 0.4) is 0 Å². The molecule has 17 heavy (non-hydrogen) atoms. The molecular weight excluding hydrogens is 254 g/mol. The van der Waals surface area contributed by atoms with Crippen LogP contribution in [-0.2, 0) is 0 Å². The second kappa shape index (κ2) is 6.14. The van der Waals surface area contributed by atoms with Crippen molar-refractivity contribution in [3.63, 3.8) is 0 Å². The van der Waals surface area contributed by atoms with E-state index >= 15 is 0 Å². The smallest absolute Gasteiger partial charge is 0.113 e. The van der Waals surface area contributed by atoms with Crippen LogP contribution in [0.5, 0.6) is 0 Å². The zero-order chi connectivity index (χ0) is 12.3. The third-order valence-corrected chi connectivity index (χ3v) is 4.48. The Morgan fingerprint density at radius 2 is 2.41 bits per heavy atom. The van der Waals surface area contributed by atoms with E-state index < -0.39 is 0 Å². The second-order valence-corrected chi connectivity index (χ2v) is 6.34. The summed E-state index contributed by atoms with van der Waals surface area (Å²) in [6.07, 6.45) is 6.44. The summed E-state index contributed by atoms with van der Waals surface area (Å²) in [4.78, 5) is 6.91. The standard InChI is InChI=1S/C12H20ClN3S/c1-2-6-16-7-4-3-5-9(14)11(16)12-15-8-10(13)17-12/h8-9,11H,2-7,14H2,1H3. The molecule has 1 aliphatic rings. The molecule has 0 aromatic carbocycles. The van der Waals surface area contributed by atoms with Gasteiger partial charge in [0.1, 0.15) is 9.34 Å². The Morgan fingerprint density at radius 1 is 1.59 bits per heavy atom. The molecule has 0 radical (unpaired) electrons. The van der Waals surface area contributed by atoms with Crippen LogP contribution in [0.4, 0.5) is 0 Å². The number of likely N-dealkylation sites (tertiary alicyclic amines) is 1. The van der Waals surface area contributed by atoms with E-state index in [0.29, 0.717) is 0 Å². The average Bonchev–Trinajstić information content (AvgIpc) is 2.62. The lowest BCUT2D eigenvalue weighted by Crippen LogP contribution is -2.40. The fraction of sp³-hybridized carbons (Fsp3) is 0.750. The Morgan fingerprint density at radius 3 is 3.06 bits per heavy atom. The maximum Gasteiger partial charge on any atom is 0.113 e. The monoisotopic (exact) mass is 273 g/mol. The molecule has 1 aliphatic heterocycles. The van der Waals surface area contributed by atoms with Crippen molar-refractivity contribution in [3.05, 3.63) is 15.5 Å². The highest BCUT2D eigenvalue weighted by atomic mass is 35.5. The van der Waals surface area contributed by atoms with Crippen LogP contribution < -0.4 is 5.73 Å². The fourth-order valence-electron chi connectivity index (χ4n) is 2.54. The molecule has 0 bridgehead atoms. The van der Waals surface area contributed by atoms with Gasteiger partial charge in [0, 0.05) is 6.04 Å². The number of hydrogen-bond donors (Lipinski definition) is 1. The molecule has 2 heterocycles. The minimum absolute atomic E-state index is 0.186. The van der Waals surface area contributed by atoms with E-state index in [1.165, 1.54) is 12.8 Å². The van der Waals surface area contributed by atoms with Crippen LogP contribution in [0.15, 0.2) is 6.20 Å². The summed E-state index contributed by atoms with van der Waals surface area (Å²) in [5.74, 6) is 0. The Labute approximate surface area is 112 Å². The number of thiazole rings is 1. The van der Waals surface area contributed by atoms with E-state index in [4.69, 9.17) is 17.3 Å². The SMILES string of the molecule is CCCN1CCCCC(N)C1c1ncc(Cl)s1. The molecule has 1 fully saturated rings. The van der Waals surface area contributed by atoms with Gasteiger partial charge >= 0.3 is 0 Å². The van der Waals surface area contributed by atoms with Crippen LogP contribution in [0.25, 0.3) is 0 Å². The summed E-state index contributed by atoms with van der Waals surface area (Å²) in [6.45, 7) is 4.43. The maximum atomic E-state index is 6.32. The zero-order valence-corrected chi connectivity index (χ0v) is 11.8. The first-order valence-electron chi connectivity index (χ1n) is 6.33. The highest BCUT2D eigenvalue weighted by Crippen LogP contribution is 2.33. The quantitative estimate of drug-likeness (QED) is 0.920. The number of nitrogens with zero attached hydrogens (tertiary/aromatic N) is 2. The lowest BCUT2D eigenvalue weighted by molar-refractivity contribution is 0.185. The molecule has 0 spiro atoms. The molecule has 0 saturated carbocycles. The topological polar surface area (TPSA) is 42.1 Å². The van der Waals surface area contributed by atoms with Gasteiger partial charge < -0.3 is 5.73 Å². The summed E-state index contributed by atoms with van der Waals surface area (Å²) >= 11 is 7.56. The van der Waals surface area contributed by atoms with Crippen LogP contribution >= 0.6 is 22.9 Å². The Kier molecular flexibility index (Phi) is 4.79. The van der Waals surface area contributed by atoms with Gasteiger partial charge in [0.05, 0.1) is 12.2 Å². The van der Waals surface area contributed by atoms with E-state index in [9.17, 15) is 0 Å². The van der Waals surface area contributed by atoms with Crippen molar-refractivity contribution in [3.8, 4) is 0 Å². The molecule has 1 saturated heterocycles. The van der Waals surface area contributed by atoms with Crippen molar-refractivity contribution < 1.29 is 0 Å². The van der Waals surface area contributed by atoms with E-state index in [2.05, 4.69) is 16.8 Å². The molecule has 1 aromatic rings. The molecule has 2 unspecified atom stereocenters. The molecular formula is C12H20ClN3S. The predicted octanol–water partition coefficient (Wildman–Crippen LogP) is 3.06. The van der Waals surface area contributed by atoms with Crippen LogP contribution in [0.2, 0.25) is 4.34 Å². The van der Waals surface area contributed by atoms with Crippen molar-refractivity contribution in [2.75, 3.05) is 13.1 Å². The Bertz CT molecular complexity index is 355. The first-order chi connectivity index (χ1) is 8.22. The molecule has 1 aromatic heterocycles. The van der Waals surface area contributed by atoms with Crippen LogP contribution in [-0.4, -0.2) is 29.0 Å². The molecule has 2 N–H and O–H groups in total. The van der Waals surface area contributed by atoms with Gasteiger partial charge in [-0.3, -0.25) is 4.90 Å². The first-order valence-corrected chi connectivity index (χ1v) is 7.52. The van der Waals surface area contributed by atoms with Gasteiger partial charge in [0.2, 0.25) is 0 Å². The second-order valence-electron chi connectivity index (χ2n) is 4.64. The summed E-state index contributed by atoms with van der Waals surface area (Å²) in [7, 11) is 0. The van der Waals surface area contributed by atoms with Crippen molar-refractivity contribution in [1.82, 2.24) is 9.88 Å². The van der Waals surface area contributed by atoms with E-state index in [-0.39, 0.29) is 12.1 Å². The third kappa shape index (κ3) is 3.19. The molecule has 2 atom stereocenters. The molecule has 0 aliphatic carbocycles. The number of halogens is 1. The summed E-state index contributed by atoms with van der Waals surface area (Å²) in [5.41, 5.74) is 6.32. The van der Waals surface area contributed by atoms with Crippen molar-refractivity contribution in [1.29, 1.82) is 0 Å². The third-order valence-electron chi connectivity index (χ3n) is 3.29. The molecule has 3 nitrogen and oxygen atoms in total. The number of hydrogen-bond acceptors (Lipinski definition) is 4. The largest absolute Gasteiger partial charge is 0.326 e. The summed E-state index contributed by atoms with van der Waals surface area (Å²) < 4.78 is 0.757. The lowest BCUT2D eigenvalue weighted by atomic mass is 10.0. The average molecular weight is 274 g/mol. The summed E-state index contributed by atoms with van der Waals surface area (Å²) in [5, 5.41) is 1.08. The van der Waals surface area contributed by atoms with Crippen LogP contribution in [0, 0.1) is 0 Å². The van der Waals surface area contributed by atoms with Gasteiger partial charge in [-0.25, -0.2) is 4.98 Å². The van der Waals surface area contributed by atoms with Gasteiger partial charge in [0.15, 0.2) is 0 Å². The lowest BCUT2D eigenvalue weighted by Gasteiger charge is -2.31. The van der Waals surface area contributed by atoms with Gasteiger partial charge in [-0.1, -0.05) is 24.9 Å². The predicted molar refractivity (Wildman–Crippen MR) is 73.6 cm³/mol. The molecule has 96 valence electrons. The van der Waals surface area contributed by atoms with Gasteiger partial charge in [-0.15, -0.1) is 11.3 Å². The van der Waals surface area contributed by atoms with E-state index in [1.54, 1.807) is 17.5 Å². The van der Waals surface area contributed by atoms with E-state index in [1.807, 2.05) is 0 Å². The minimum Gasteiger partial charge on any atom is -0.326 e. The maximum absolute atomic E-state index is 6.32. The highest BCUT2D eigenvalue weighted by Gasteiger charge is 2.30. The molecule has 5 heteroatoms. The normalized spacial score (nSPS) is 27.0. The number of aromatic nitrogens is 1. The zero-order valence-electron chi connectivity index (χ0n) is 10.2. The molecule has 0 amide bonds. The fourth-order valence-corrected chi connectivity index (χ4v) is 3.68. The number of rotatable bonds is 3. The van der Waals surface area contributed by atoms with Crippen molar-refractivity contribution in [2.45, 2.75) is 44.7 Å². The highest BCUT2D eigenvalue weighted by molar-refractivity contribution is 7.15. The Hall–Kier alpha value is -0.160. The first kappa shape index (κ1) is 13.3. The molecule has 2 rings (SSSR count). The number of nitrogens with two attached hydrogens (primary N) is 1. The summed E-state index contributed by atoms with van der Waals surface area (Å²) in [6, 6.07) is 0.446. The van der Waals surface area contributed by atoms with E-state index in [0.717, 1.165) is 35.3 Å². The Balaban J connectivity index is 2.22.